The zero-order chi connectivity index (χ0) is 14.4. The molecule has 0 spiro atoms. The van der Waals surface area contributed by atoms with Gasteiger partial charge in [0.25, 0.3) is 0 Å². The van der Waals surface area contributed by atoms with E-state index in [1.807, 2.05) is 17.2 Å². The topological polar surface area (TPSA) is 85.3 Å². The van der Waals surface area contributed by atoms with Crippen LogP contribution in [0.1, 0.15) is 19.3 Å². The van der Waals surface area contributed by atoms with Crippen molar-refractivity contribution in [2.75, 3.05) is 19.9 Å². The predicted molar refractivity (Wildman–Crippen MR) is 67.3 cm³/mol. The van der Waals surface area contributed by atoms with Gasteiger partial charge in [0.2, 0.25) is 0 Å². The molecule has 0 aliphatic carbocycles. The second-order valence-electron chi connectivity index (χ2n) is 4.68. The molecule has 0 unspecified atom stereocenters. The van der Waals surface area contributed by atoms with Crippen molar-refractivity contribution in [2.45, 2.75) is 37.7 Å². The Morgan fingerprint density at radius 1 is 1.55 bits per heavy atom. The van der Waals surface area contributed by atoms with E-state index in [0.717, 1.165) is 0 Å². The average Bonchev–Trinajstić information content (AvgIpc) is 2.89. The lowest BCUT2D eigenvalue weighted by Gasteiger charge is -2.28. The zero-order valence-corrected chi connectivity index (χ0v) is 11.1. The standard InChI is InChI=1S/C13H19NO6/c15-5-1-3-13(17)20-10-7-12(19-11(10)8-16)14-4-2-6-18-9-14/h2,4-5,10-12,16H,1,3,6-9H2/t10-,11-,12-/m1/s1. The Kier molecular flexibility index (Phi) is 5.51. The fourth-order valence-electron chi connectivity index (χ4n) is 2.22. The van der Waals surface area contributed by atoms with Crippen LogP contribution in [-0.2, 0) is 23.8 Å². The van der Waals surface area contributed by atoms with Crippen molar-refractivity contribution in [3.05, 3.63) is 12.3 Å². The van der Waals surface area contributed by atoms with Crippen molar-refractivity contribution >= 4 is 12.3 Å². The van der Waals surface area contributed by atoms with Gasteiger partial charge < -0.3 is 29.0 Å². The van der Waals surface area contributed by atoms with E-state index in [2.05, 4.69) is 0 Å². The van der Waals surface area contributed by atoms with Crippen LogP contribution >= 0.6 is 0 Å². The highest BCUT2D eigenvalue weighted by Crippen LogP contribution is 2.27. The van der Waals surface area contributed by atoms with E-state index < -0.39 is 18.2 Å². The summed E-state index contributed by atoms with van der Waals surface area (Å²) < 4.78 is 16.2. The number of carbonyl (C=O) groups excluding carboxylic acids is 2. The molecule has 0 aromatic carbocycles. The van der Waals surface area contributed by atoms with Crippen LogP contribution in [0.15, 0.2) is 12.3 Å². The van der Waals surface area contributed by atoms with Crippen molar-refractivity contribution in [3.8, 4) is 0 Å². The van der Waals surface area contributed by atoms with Crippen LogP contribution in [0.4, 0.5) is 0 Å². The maximum absolute atomic E-state index is 11.5. The summed E-state index contributed by atoms with van der Waals surface area (Å²) in [4.78, 5) is 23.6. The van der Waals surface area contributed by atoms with Crippen LogP contribution in [0.25, 0.3) is 0 Å². The summed E-state index contributed by atoms with van der Waals surface area (Å²) >= 11 is 0. The SMILES string of the molecule is O=CCCC(=O)O[C@@H]1C[C@H](N2C=CCOC2)O[C@@H]1CO. The third-order valence-electron chi connectivity index (χ3n) is 3.23. The summed E-state index contributed by atoms with van der Waals surface area (Å²) in [5.74, 6) is -0.449. The number of hydrogen-bond acceptors (Lipinski definition) is 7. The Hall–Kier alpha value is -1.44. The Morgan fingerprint density at radius 3 is 3.05 bits per heavy atom. The fourth-order valence-corrected chi connectivity index (χ4v) is 2.22. The Labute approximate surface area is 117 Å². The van der Waals surface area contributed by atoms with Crippen LogP contribution in [0.3, 0.4) is 0 Å². The summed E-state index contributed by atoms with van der Waals surface area (Å²) in [5, 5.41) is 9.30. The summed E-state index contributed by atoms with van der Waals surface area (Å²) in [5.41, 5.74) is 0. The highest BCUT2D eigenvalue weighted by Gasteiger charge is 2.39. The largest absolute Gasteiger partial charge is 0.459 e. The molecule has 1 fully saturated rings. The lowest BCUT2D eigenvalue weighted by molar-refractivity contribution is -0.154. The molecule has 1 N–H and O–H groups in total. The van der Waals surface area contributed by atoms with Crippen LogP contribution in [-0.4, -0.2) is 60.6 Å². The molecule has 112 valence electrons. The van der Waals surface area contributed by atoms with E-state index in [9.17, 15) is 14.7 Å². The minimum atomic E-state index is -0.546. The Morgan fingerprint density at radius 2 is 2.40 bits per heavy atom. The number of rotatable bonds is 6. The molecule has 20 heavy (non-hydrogen) atoms. The molecule has 2 rings (SSSR count). The molecule has 7 nitrogen and oxygen atoms in total. The van der Waals surface area contributed by atoms with Crippen molar-refractivity contribution < 1.29 is 28.9 Å². The zero-order valence-electron chi connectivity index (χ0n) is 11.1. The molecular weight excluding hydrogens is 266 g/mol. The fraction of sp³-hybridized carbons (Fsp3) is 0.692. The predicted octanol–water partition coefficient (Wildman–Crippen LogP) is -0.212. The van der Waals surface area contributed by atoms with Crippen molar-refractivity contribution in [1.29, 1.82) is 0 Å². The van der Waals surface area contributed by atoms with Gasteiger partial charge in [-0.3, -0.25) is 4.79 Å². The molecule has 1 saturated heterocycles. The molecule has 7 heteroatoms. The second kappa shape index (κ2) is 7.37. The minimum Gasteiger partial charge on any atom is -0.459 e. The lowest BCUT2D eigenvalue weighted by atomic mass is 10.2. The van der Waals surface area contributed by atoms with Crippen molar-refractivity contribution in [3.63, 3.8) is 0 Å². The smallest absolute Gasteiger partial charge is 0.306 e. The summed E-state index contributed by atoms with van der Waals surface area (Å²) in [6, 6.07) is 0. The first-order valence-electron chi connectivity index (χ1n) is 6.64. The number of carbonyl (C=O) groups is 2. The van der Waals surface area contributed by atoms with Gasteiger partial charge in [-0.2, -0.15) is 0 Å². The Balaban J connectivity index is 1.88. The van der Waals surface area contributed by atoms with Gasteiger partial charge in [-0.15, -0.1) is 0 Å². The number of nitrogens with zero attached hydrogens (tertiary/aromatic N) is 1. The molecule has 0 radical (unpaired) electrons. The molecule has 0 bridgehead atoms. The van der Waals surface area contributed by atoms with Crippen molar-refractivity contribution in [1.82, 2.24) is 4.90 Å². The van der Waals surface area contributed by atoms with E-state index in [0.29, 0.717) is 26.0 Å². The van der Waals surface area contributed by atoms with Gasteiger partial charge in [-0.05, 0) is 6.08 Å². The van der Waals surface area contributed by atoms with Crippen LogP contribution in [0.2, 0.25) is 0 Å². The van der Waals surface area contributed by atoms with E-state index in [1.54, 1.807) is 0 Å². The minimum absolute atomic E-state index is 0.0511. The van der Waals surface area contributed by atoms with Crippen LogP contribution < -0.4 is 0 Å². The van der Waals surface area contributed by atoms with E-state index in [4.69, 9.17) is 14.2 Å². The van der Waals surface area contributed by atoms with Crippen LogP contribution in [0.5, 0.6) is 0 Å². The first kappa shape index (κ1) is 15.0. The lowest BCUT2D eigenvalue weighted by Crippen LogP contribution is -2.35. The number of esters is 1. The second-order valence-corrected chi connectivity index (χ2v) is 4.68. The highest BCUT2D eigenvalue weighted by molar-refractivity contribution is 5.72. The number of ether oxygens (including phenoxy) is 3. The van der Waals surface area contributed by atoms with Gasteiger partial charge in [0, 0.05) is 19.0 Å². The molecule has 2 aliphatic heterocycles. The number of hydrogen-bond donors (Lipinski definition) is 1. The van der Waals surface area contributed by atoms with Gasteiger partial charge in [0.05, 0.1) is 19.6 Å². The van der Waals surface area contributed by atoms with E-state index >= 15 is 0 Å². The normalized spacial score (nSPS) is 29.4. The number of aliphatic hydroxyl groups is 1. The maximum Gasteiger partial charge on any atom is 0.306 e. The van der Waals surface area contributed by atoms with Gasteiger partial charge in [-0.25, -0.2) is 0 Å². The van der Waals surface area contributed by atoms with Gasteiger partial charge >= 0.3 is 5.97 Å². The summed E-state index contributed by atoms with van der Waals surface area (Å²) in [6.07, 6.45) is 3.74. The van der Waals surface area contributed by atoms with Gasteiger partial charge in [0.15, 0.2) is 0 Å². The first-order valence-corrected chi connectivity index (χ1v) is 6.64. The molecule has 0 saturated carbocycles. The average molecular weight is 285 g/mol. The molecule has 0 amide bonds. The third kappa shape index (κ3) is 3.78. The first-order chi connectivity index (χ1) is 9.74. The van der Waals surface area contributed by atoms with Gasteiger partial charge in [-0.1, -0.05) is 0 Å². The third-order valence-corrected chi connectivity index (χ3v) is 3.23. The van der Waals surface area contributed by atoms with Crippen molar-refractivity contribution in [2.24, 2.45) is 0 Å². The van der Waals surface area contributed by atoms with E-state index in [1.165, 1.54) is 0 Å². The molecule has 0 aromatic heterocycles. The summed E-state index contributed by atoms with van der Waals surface area (Å²) in [7, 11) is 0. The Bertz CT molecular complexity index is 372. The van der Waals surface area contributed by atoms with E-state index in [-0.39, 0.29) is 25.7 Å². The monoisotopic (exact) mass is 285 g/mol. The molecule has 0 aromatic rings. The molecule has 2 aliphatic rings. The number of aldehydes is 1. The highest BCUT2D eigenvalue weighted by atomic mass is 16.6. The summed E-state index contributed by atoms with van der Waals surface area (Å²) in [6.45, 7) is 0.752. The molecule has 2 heterocycles. The maximum atomic E-state index is 11.5. The molecular formula is C13H19NO6. The van der Waals surface area contributed by atoms with Crippen LogP contribution in [0, 0.1) is 0 Å². The quantitative estimate of drug-likeness (QED) is 0.534. The van der Waals surface area contributed by atoms with Gasteiger partial charge in [0.1, 0.15) is 31.5 Å². The molecule has 3 atom stereocenters. The number of aliphatic hydroxyl groups excluding tert-OH is 1.